The number of nitrogens with one attached hydrogen (secondary N) is 1. The molecule has 0 aliphatic carbocycles. The van der Waals surface area contributed by atoms with Crippen LogP contribution in [-0.4, -0.2) is 24.6 Å². The summed E-state index contributed by atoms with van der Waals surface area (Å²) >= 11 is 0. The molecule has 0 amide bonds. The third kappa shape index (κ3) is 4.22. The Morgan fingerprint density at radius 1 is 1.42 bits per heavy atom. The van der Waals surface area contributed by atoms with Crippen molar-refractivity contribution in [3.8, 4) is 6.07 Å². The summed E-state index contributed by atoms with van der Waals surface area (Å²) in [6.45, 7) is 10.8. The van der Waals surface area contributed by atoms with E-state index in [9.17, 15) is 0 Å². The van der Waals surface area contributed by atoms with Crippen LogP contribution in [0.1, 0.15) is 39.3 Å². The summed E-state index contributed by atoms with van der Waals surface area (Å²) in [5.41, 5.74) is 1.19. The summed E-state index contributed by atoms with van der Waals surface area (Å²) in [6.07, 6.45) is 1.82. The van der Waals surface area contributed by atoms with Gasteiger partial charge in [0.05, 0.1) is 12.0 Å². The van der Waals surface area contributed by atoms with Gasteiger partial charge in [-0.1, -0.05) is 13.0 Å². The van der Waals surface area contributed by atoms with Crippen molar-refractivity contribution in [2.75, 3.05) is 24.5 Å². The minimum Gasteiger partial charge on any atom is -0.355 e. The highest BCUT2D eigenvalue weighted by Gasteiger charge is 2.17. The number of hydrogen-bond acceptors (Lipinski definition) is 4. The zero-order valence-corrected chi connectivity index (χ0v) is 12.3. The molecule has 1 heterocycles. The van der Waals surface area contributed by atoms with Crippen LogP contribution in [0, 0.1) is 17.2 Å². The zero-order valence-electron chi connectivity index (χ0n) is 12.3. The molecule has 0 saturated heterocycles. The predicted octanol–water partition coefficient (Wildman–Crippen LogP) is 2.74. The molecule has 0 fully saturated rings. The van der Waals surface area contributed by atoms with E-state index in [1.807, 2.05) is 19.2 Å². The van der Waals surface area contributed by atoms with Crippen molar-refractivity contribution in [3.05, 3.63) is 23.9 Å². The monoisotopic (exact) mass is 260 g/mol. The molecule has 0 spiro atoms. The van der Waals surface area contributed by atoms with E-state index in [0.717, 1.165) is 25.5 Å². The molecule has 1 N–H and O–H groups in total. The van der Waals surface area contributed by atoms with E-state index in [0.29, 0.717) is 0 Å². The maximum absolute atomic E-state index is 8.98. The van der Waals surface area contributed by atoms with Gasteiger partial charge in [0.25, 0.3) is 0 Å². The second-order valence-electron chi connectivity index (χ2n) is 4.76. The molecular formula is C15H24N4. The number of pyridine rings is 1. The Kier molecular flexibility index (Phi) is 6.31. The maximum atomic E-state index is 8.98. The van der Waals surface area contributed by atoms with Gasteiger partial charge >= 0.3 is 0 Å². The first-order valence-corrected chi connectivity index (χ1v) is 6.96. The van der Waals surface area contributed by atoms with Crippen LogP contribution >= 0.6 is 0 Å². The molecule has 0 bridgehead atoms. The summed E-state index contributed by atoms with van der Waals surface area (Å²) in [7, 11) is 0. The zero-order chi connectivity index (χ0) is 14.3. The normalized spacial score (nSPS) is 13.6. The van der Waals surface area contributed by atoms with Crippen LogP contribution < -0.4 is 10.2 Å². The highest BCUT2D eigenvalue weighted by Crippen LogP contribution is 2.24. The molecular weight excluding hydrogens is 236 g/mol. The van der Waals surface area contributed by atoms with Crippen molar-refractivity contribution in [3.63, 3.8) is 0 Å². The third-order valence-electron chi connectivity index (χ3n) is 3.19. The van der Waals surface area contributed by atoms with E-state index in [4.69, 9.17) is 5.26 Å². The summed E-state index contributed by atoms with van der Waals surface area (Å²) in [4.78, 5) is 6.69. The Morgan fingerprint density at radius 2 is 2.16 bits per heavy atom. The molecule has 0 aromatic carbocycles. The van der Waals surface area contributed by atoms with Gasteiger partial charge < -0.3 is 10.2 Å². The fourth-order valence-corrected chi connectivity index (χ4v) is 2.16. The summed E-state index contributed by atoms with van der Waals surface area (Å²) in [6, 6.07) is 6.63. The lowest BCUT2D eigenvalue weighted by Crippen LogP contribution is -2.31. The maximum Gasteiger partial charge on any atom is 0.133 e. The third-order valence-corrected chi connectivity index (χ3v) is 3.19. The van der Waals surface area contributed by atoms with Gasteiger partial charge in [0.15, 0.2) is 0 Å². The lowest BCUT2D eigenvalue weighted by Gasteiger charge is -2.27. The average Bonchev–Trinajstić information content (AvgIpc) is 2.44. The number of rotatable bonds is 7. The Bertz CT molecular complexity index is 424. The summed E-state index contributed by atoms with van der Waals surface area (Å²) < 4.78 is 0. The van der Waals surface area contributed by atoms with Crippen molar-refractivity contribution in [2.24, 2.45) is 5.92 Å². The fraction of sp³-hybridized carbons (Fsp3) is 0.600. The van der Waals surface area contributed by atoms with E-state index in [2.05, 4.69) is 48.1 Å². The van der Waals surface area contributed by atoms with Crippen molar-refractivity contribution in [2.45, 2.75) is 33.7 Å². The molecule has 1 aromatic heterocycles. The first-order valence-electron chi connectivity index (χ1n) is 6.96. The Hall–Kier alpha value is -1.60. The van der Waals surface area contributed by atoms with Gasteiger partial charge in [0, 0.05) is 30.9 Å². The molecule has 1 rings (SSSR count). The van der Waals surface area contributed by atoms with Crippen LogP contribution in [0.5, 0.6) is 0 Å². The molecule has 2 unspecified atom stereocenters. The molecule has 2 atom stereocenters. The Labute approximate surface area is 116 Å². The summed E-state index contributed by atoms with van der Waals surface area (Å²) in [5.74, 6) is 0.991. The van der Waals surface area contributed by atoms with E-state index in [1.54, 1.807) is 0 Å². The van der Waals surface area contributed by atoms with Crippen LogP contribution in [0.4, 0.5) is 5.82 Å². The van der Waals surface area contributed by atoms with Gasteiger partial charge in [-0.05, 0) is 33.4 Å². The van der Waals surface area contributed by atoms with Gasteiger partial charge in [-0.2, -0.15) is 5.26 Å². The Morgan fingerprint density at radius 3 is 2.74 bits per heavy atom. The molecule has 0 saturated carbocycles. The topological polar surface area (TPSA) is 52.0 Å². The van der Waals surface area contributed by atoms with Crippen LogP contribution in [0.2, 0.25) is 0 Å². The van der Waals surface area contributed by atoms with Crippen LogP contribution in [0.25, 0.3) is 0 Å². The lowest BCUT2D eigenvalue weighted by molar-refractivity contribution is 0.589. The molecule has 4 heteroatoms. The van der Waals surface area contributed by atoms with Gasteiger partial charge in [-0.15, -0.1) is 0 Å². The first kappa shape index (κ1) is 15.5. The largest absolute Gasteiger partial charge is 0.355 e. The van der Waals surface area contributed by atoms with E-state index in [1.165, 1.54) is 5.56 Å². The van der Waals surface area contributed by atoms with Crippen LogP contribution in [0.3, 0.4) is 0 Å². The number of hydrogen-bond donors (Lipinski definition) is 1. The van der Waals surface area contributed by atoms with Gasteiger partial charge in [-0.3, -0.25) is 0 Å². The van der Waals surface area contributed by atoms with Gasteiger partial charge in [0.1, 0.15) is 5.82 Å². The standard InChI is InChI=1S/C15H24N4/c1-5-17-13(4)14-8-7-9-18-15(14)19(6-2)11-12(3)10-16/h7-9,12-13,17H,5-6,11H2,1-4H3. The smallest absolute Gasteiger partial charge is 0.133 e. The minimum absolute atomic E-state index is 0.00393. The second kappa shape index (κ2) is 7.75. The number of aromatic nitrogens is 1. The van der Waals surface area contributed by atoms with Crippen molar-refractivity contribution < 1.29 is 0 Å². The van der Waals surface area contributed by atoms with Crippen molar-refractivity contribution >= 4 is 5.82 Å². The SMILES string of the molecule is CCNC(C)c1cccnc1N(CC)CC(C)C#N. The van der Waals surface area contributed by atoms with E-state index in [-0.39, 0.29) is 12.0 Å². The highest BCUT2D eigenvalue weighted by molar-refractivity contribution is 5.48. The molecule has 4 nitrogen and oxygen atoms in total. The fourth-order valence-electron chi connectivity index (χ4n) is 2.16. The van der Waals surface area contributed by atoms with Gasteiger partial charge in [-0.25, -0.2) is 4.98 Å². The molecule has 1 aromatic rings. The minimum atomic E-state index is 0.00393. The number of nitriles is 1. The van der Waals surface area contributed by atoms with Crippen molar-refractivity contribution in [1.82, 2.24) is 10.3 Å². The Balaban J connectivity index is 3.00. The van der Waals surface area contributed by atoms with Gasteiger partial charge in [0.2, 0.25) is 0 Å². The second-order valence-corrected chi connectivity index (χ2v) is 4.76. The summed E-state index contributed by atoms with van der Waals surface area (Å²) in [5, 5.41) is 12.4. The number of anilines is 1. The van der Waals surface area contributed by atoms with E-state index < -0.39 is 0 Å². The molecule has 0 aliphatic rings. The molecule has 0 radical (unpaired) electrons. The first-order chi connectivity index (χ1) is 9.13. The molecule has 104 valence electrons. The van der Waals surface area contributed by atoms with Crippen LogP contribution in [0.15, 0.2) is 18.3 Å². The average molecular weight is 260 g/mol. The predicted molar refractivity (Wildman–Crippen MR) is 79.0 cm³/mol. The molecule has 0 aliphatic heterocycles. The van der Waals surface area contributed by atoms with Crippen LogP contribution in [-0.2, 0) is 0 Å². The molecule has 19 heavy (non-hydrogen) atoms. The highest BCUT2D eigenvalue weighted by atomic mass is 15.2. The number of nitrogens with zero attached hydrogens (tertiary/aromatic N) is 3. The lowest BCUT2D eigenvalue weighted by atomic mass is 10.1. The van der Waals surface area contributed by atoms with E-state index >= 15 is 0 Å². The quantitative estimate of drug-likeness (QED) is 0.819. The van der Waals surface area contributed by atoms with Crippen molar-refractivity contribution in [1.29, 1.82) is 5.26 Å².